The summed E-state index contributed by atoms with van der Waals surface area (Å²) in [5, 5.41) is 23.6. The minimum absolute atomic E-state index is 0.0216. The lowest BCUT2D eigenvalue weighted by atomic mass is 9.41. The zero-order valence-electron chi connectivity index (χ0n) is 30.3. The van der Waals surface area contributed by atoms with Crippen LogP contribution in [0.15, 0.2) is 0 Å². The molecule has 9 unspecified atom stereocenters. The van der Waals surface area contributed by atoms with Crippen LogP contribution in [0.2, 0.25) is 0 Å². The van der Waals surface area contributed by atoms with Gasteiger partial charge in [-0.15, -0.1) is 0 Å². The summed E-state index contributed by atoms with van der Waals surface area (Å²) in [6.45, 7) is 19.9. The molecule has 2 saturated heterocycles. The van der Waals surface area contributed by atoms with Crippen LogP contribution >= 0.6 is 0 Å². The monoisotopic (exact) mass is 659 g/mol. The van der Waals surface area contributed by atoms with E-state index in [4.69, 9.17) is 18.9 Å². The average Bonchev–Trinajstić information content (AvgIpc) is 3.61. The number of carbonyl (C=O) groups is 2. The van der Waals surface area contributed by atoms with Crippen molar-refractivity contribution in [3.05, 3.63) is 0 Å². The van der Waals surface area contributed by atoms with Gasteiger partial charge >= 0.3 is 5.97 Å². The quantitative estimate of drug-likeness (QED) is 0.393. The highest BCUT2D eigenvalue weighted by molar-refractivity contribution is 5.73. The van der Waals surface area contributed by atoms with Gasteiger partial charge in [0.15, 0.2) is 12.4 Å². The molecule has 266 valence electrons. The Bertz CT molecular complexity index is 1280. The molecule has 2 spiro atoms. The highest BCUT2D eigenvalue weighted by Gasteiger charge is 2.84. The number of aliphatic hydroxyl groups is 2. The number of hydrogen-bond donors (Lipinski definition) is 2. The van der Waals surface area contributed by atoms with Crippen molar-refractivity contribution >= 4 is 11.9 Å². The van der Waals surface area contributed by atoms with Crippen molar-refractivity contribution in [2.45, 2.75) is 156 Å². The fraction of sp³-hybridized carbons (Fsp3) is 0.947. The van der Waals surface area contributed by atoms with Crippen molar-refractivity contribution in [3.63, 3.8) is 0 Å². The zero-order valence-corrected chi connectivity index (χ0v) is 30.3. The summed E-state index contributed by atoms with van der Waals surface area (Å²) in [4.78, 5) is 26.0. The Morgan fingerprint density at radius 3 is 2.34 bits per heavy atom. The molecule has 7 fully saturated rings. The molecule has 9 nitrogen and oxygen atoms in total. The zero-order chi connectivity index (χ0) is 34.1. The number of morpholine rings is 1. The van der Waals surface area contributed by atoms with Crippen molar-refractivity contribution in [3.8, 4) is 0 Å². The van der Waals surface area contributed by atoms with Gasteiger partial charge in [-0.3, -0.25) is 9.59 Å². The summed E-state index contributed by atoms with van der Waals surface area (Å²) in [6.07, 6.45) is 6.05. The average molecular weight is 660 g/mol. The Balaban J connectivity index is 1.13. The molecule has 0 aromatic heterocycles. The van der Waals surface area contributed by atoms with Gasteiger partial charge in [0.2, 0.25) is 5.91 Å². The van der Waals surface area contributed by atoms with Gasteiger partial charge in [-0.05, 0) is 111 Å². The Kier molecular flexibility index (Phi) is 7.91. The molecule has 0 aromatic carbocycles. The molecule has 2 aliphatic heterocycles. The van der Waals surface area contributed by atoms with Crippen LogP contribution in [0, 0.1) is 50.7 Å². The van der Waals surface area contributed by atoms with Crippen molar-refractivity contribution in [1.82, 2.24) is 4.90 Å². The van der Waals surface area contributed by atoms with Crippen molar-refractivity contribution in [2.75, 3.05) is 19.7 Å². The first-order valence-electron chi connectivity index (χ1n) is 18.6. The lowest BCUT2D eigenvalue weighted by molar-refractivity contribution is -0.247. The summed E-state index contributed by atoms with van der Waals surface area (Å²) in [5.74, 6) is 1.06. The third kappa shape index (κ3) is 4.64. The number of amides is 1. The van der Waals surface area contributed by atoms with E-state index in [9.17, 15) is 19.8 Å². The summed E-state index contributed by atoms with van der Waals surface area (Å²) in [6, 6.07) is 0. The van der Waals surface area contributed by atoms with Crippen LogP contribution in [-0.2, 0) is 28.5 Å². The van der Waals surface area contributed by atoms with E-state index in [1.165, 1.54) is 19.8 Å². The van der Waals surface area contributed by atoms with Crippen LogP contribution in [0.25, 0.3) is 0 Å². The molecule has 5 aliphatic carbocycles. The van der Waals surface area contributed by atoms with Crippen LogP contribution in [0.5, 0.6) is 0 Å². The predicted molar refractivity (Wildman–Crippen MR) is 175 cm³/mol. The van der Waals surface area contributed by atoms with Crippen LogP contribution in [0.4, 0.5) is 0 Å². The third-order valence-corrected chi connectivity index (χ3v) is 15.9. The van der Waals surface area contributed by atoms with Crippen molar-refractivity contribution in [1.29, 1.82) is 0 Å². The predicted octanol–water partition coefficient (Wildman–Crippen LogP) is 5.09. The molecular weight excluding hydrogens is 598 g/mol. The Morgan fingerprint density at radius 1 is 1.00 bits per heavy atom. The van der Waals surface area contributed by atoms with Gasteiger partial charge in [0.25, 0.3) is 0 Å². The van der Waals surface area contributed by atoms with Crippen molar-refractivity contribution < 1.29 is 38.7 Å². The Labute approximate surface area is 281 Å². The number of carbonyl (C=O) groups excluding carboxylic acids is 2. The topological polar surface area (TPSA) is 115 Å². The maximum Gasteiger partial charge on any atom is 0.303 e. The highest BCUT2D eigenvalue weighted by atomic mass is 16.7. The second-order valence-corrected chi connectivity index (χ2v) is 18.6. The molecule has 0 aromatic rings. The van der Waals surface area contributed by atoms with Crippen LogP contribution in [-0.4, -0.2) is 89.1 Å². The summed E-state index contributed by atoms with van der Waals surface area (Å²) < 4.78 is 25.3. The number of rotatable bonds is 5. The van der Waals surface area contributed by atoms with Gasteiger partial charge in [-0.2, -0.15) is 0 Å². The smallest absolute Gasteiger partial charge is 0.303 e. The summed E-state index contributed by atoms with van der Waals surface area (Å²) in [7, 11) is 0. The molecule has 0 radical (unpaired) electrons. The van der Waals surface area contributed by atoms with E-state index in [-0.39, 0.29) is 63.3 Å². The molecule has 7 aliphatic rings. The fourth-order valence-electron chi connectivity index (χ4n) is 13.8. The second-order valence-electron chi connectivity index (χ2n) is 18.6. The molecule has 9 heteroatoms. The fourth-order valence-corrected chi connectivity index (χ4v) is 13.8. The Hall–Kier alpha value is -1.26. The van der Waals surface area contributed by atoms with E-state index in [2.05, 4.69) is 34.6 Å². The van der Waals surface area contributed by atoms with E-state index in [1.807, 2.05) is 4.90 Å². The molecule has 7 rings (SSSR count). The molecular formula is C38H61NO8. The van der Waals surface area contributed by atoms with E-state index in [0.717, 1.165) is 32.1 Å². The van der Waals surface area contributed by atoms with Gasteiger partial charge in [-0.1, -0.05) is 34.6 Å². The van der Waals surface area contributed by atoms with Crippen LogP contribution < -0.4 is 0 Å². The second kappa shape index (κ2) is 10.9. The molecule has 47 heavy (non-hydrogen) atoms. The van der Waals surface area contributed by atoms with Gasteiger partial charge in [-0.25, -0.2) is 0 Å². The SMILES string of the molecule is CC(=O)OC(C1C[C@@H](C)C2C(O1)[C@H](O)[C@@]1(C)C3CC[C@H]4C(C)(C)C(O[C@H]5CN(C(C)=O)CCO5)CCC45CC35CCC21C)C(C)(C)O. The lowest BCUT2D eigenvalue weighted by Gasteiger charge is -2.64. The van der Waals surface area contributed by atoms with Gasteiger partial charge in [0.1, 0.15) is 0 Å². The van der Waals surface area contributed by atoms with E-state index >= 15 is 0 Å². The first kappa shape index (κ1) is 34.2. The number of ether oxygens (including phenoxy) is 4. The molecule has 5 saturated carbocycles. The standard InChI is InChI=1S/C38H61NO8/c1-21-18-24(32(34(6,7)43)45-23(3)41)46-30-29(21)35(8)14-15-38-20-37(38)13-12-27(47-28-19-39(22(2)40)16-17-44-28)33(4,5)25(37)10-11-26(38)36(35,9)31(30)42/h21,24-32,42-43H,10-20H2,1-9H3/t21-,24?,25+,26?,27?,28+,29?,30?,31+,32?,35?,36-,37?,38?/m1/s1. The van der Waals surface area contributed by atoms with E-state index in [0.29, 0.717) is 38.0 Å². The summed E-state index contributed by atoms with van der Waals surface area (Å²) >= 11 is 0. The minimum Gasteiger partial charge on any atom is -0.457 e. The van der Waals surface area contributed by atoms with Gasteiger partial charge in [0, 0.05) is 25.8 Å². The lowest BCUT2D eigenvalue weighted by Crippen LogP contribution is -2.60. The number of nitrogens with zero attached hydrogens (tertiary/aromatic N) is 1. The van der Waals surface area contributed by atoms with Gasteiger partial charge < -0.3 is 34.1 Å². The maximum absolute atomic E-state index is 12.5. The molecule has 2 heterocycles. The number of aliphatic hydroxyl groups excluding tert-OH is 1. The van der Waals surface area contributed by atoms with Crippen LogP contribution in [0.3, 0.4) is 0 Å². The Morgan fingerprint density at radius 2 is 1.68 bits per heavy atom. The largest absolute Gasteiger partial charge is 0.457 e. The van der Waals surface area contributed by atoms with E-state index < -0.39 is 29.9 Å². The molecule has 2 N–H and O–H groups in total. The minimum atomic E-state index is -1.26. The van der Waals surface area contributed by atoms with Crippen molar-refractivity contribution in [2.24, 2.45) is 50.7 Å². The maximum atomic E-state index is 12.5. The van der Waals surface area contributed by atoms with Crippen LogP contribution in [0.1, 0.15) is 114 Å². The molecule has 14 atom stereocenters. The summed E-state index contributed by atoms with van der Waals surface area (Å²) in [5.41, 5.74) is -1.16. The molecule has 1 amide bonds. The normalized spacial score (nSPS) is 50.6. The third-order valence-electron chi connectivity index (χ3n) is 15.9. The number of fused-ring (bicyclic) bond motifs is 4. The number of esters is 1. The highest BCUT2D eigenvalue weighted by Crippen LogP contribution is 2.89. The first-order valence-corrected chi connectivity index (χ1v) is 18.6. The van der Waals surface area contributed by atoms with E-state index in [1.54, 1.807) is 20.8 Å². The number of hydrogen-bond acceptors (Lipinski definition) is 8. The first-order chi connectivity index (χ1) is 21.8. The molecule has 0 bridgehead atoms. The van der Waals surface area contributed by atoms with Gasteiger partial charge in [0.05, 0.1) is 43.2 Å².